The van der Waals surface area contributed by atoms with Gasteiger partial charge in [-0.15, -0.1) is 0 Å². The van der Waals surface area contributed by atoms with Gasteiger partial charge >= 0.3 is 0 Å². The molecular weight excluding hydrogens is 518 g/mol. The van der Waals surface area contributed by atoms with Crippen molar-refractivity contribution in [3.8, 4) is 0 Å². The molecule has 0 rings (SSSR count). The van der Waals surface area contributed by atoms with Crippen LogP contribution in [0.15, 0.2) is 12.2 Å². The number of nitrogens with one attached hydrogen (secondary N) is 1. The number of aliphatic hydroxyl groups is 2. The monoisotopic (exact) mass is 594 g/mol. The van der Waals surface area contributed by atoms with Gasteiger partial charge < -0.3 is 15.5 Å². The maximum Gasteiger partial charge on any atom is 0.220 e. The van der Waals surface area contributed by atoms with Crippen LogP contribution in [-0.2, 0) is 4.79 Å². The lowest BCUT2D eigenvalue weighted by molar-refractivity contribution is -0.123. The third-order valence-electron chi connectivity index (χ3n) is 8.78. The standard InChI is InChI=1S/C38H75NO3/c1-3-5-7-9-11-13-14-15-16-17-18-19-20-21-22-23-24-26-28-30-32-34-38(42)39-36(35-40)37(41)33-31-29-27-25-12-10-8-6-4-2/h19-20,36-37,40-41H,3-18,21-35H2,1-2H3,(H,39,42)/b20-19-. The zero-order valence-corrected chi connectivity index (χ0v) is 28.5. The van der Waals surface area contributed by atoms with Crippen molar-refractivity contribution < 1.29 is 15.0 Å². The summed E-state index contributed by atoms with van der Waals surface area (Å²) in [5.74, 6) is -0.0372. The molecule has 0 fully saturated rings. The molecule has 1 amide bonds. The molecule has 3 N–H and O–H groups in total. The SMILES string of the molecule is CCCCCCCCCCCC/C=C\CCCCCCCCCC(=O)NC(CO)C(O)CCCCCCCCCCC. The topological polar surface area (TPSA) is 69.6 Å². The van der Waals surface area contributed by atoms with E-state index < -0.39 is 12.1 Å². The van der Waals surface area contributed by atoms with Crippen LogP contribution in [-0.4, -0.2) is 34.9 Å². The van der Waals surface area contributed by atoms with E-state index >= 15 is 0 Å². The van der Waals surface area contributed by atoms with Crippen LogP contribution < -0.4 is 5.32 Å². The van der Waals surface area contributed by atoms with Crippen LogP contribution in [0.25, 0.3) is 0 Å². The second-order valence-corrected chi connectivity index (χ2v) is 13.0. The number of allylic oxidation sites excluding steroid dienone is 2. The molecule has 0 aromatic carbocycles. The molecule has 0 aliphatic heterocycles. The predicted molar refractivity (Wildman–Crippen MR) is 184 cm³/mol. The maximum atomic E-state index is 12.3. The van der Waals surface area contributed by atoms with E-state index in [1.165, 1.54) is 154 Å². The largest absolute Gasteiger partial charge is 0.394 e. The fourth-order valence-corrected chi connectivity index (χ4v) is 5.82. The molecule has 0 radical (unpaired) electrons. The summed E-state index contributed by atoms with van der Waals surface area (Å²) in [6.45, 7) is 4.33. The molecule has 0 aliphatic carbocycles. The second-order valence-electron chi connectivity index (χ2n) is 13.0. The Kier molecular flexibility index (Phi) is 33.9. The fourth-order valence-electron chi connectivity index (χ4n) is 5.82. The van der Waals surface area contributed by atoms with E-state index in [1.54, 1.807) is 0 Å². The second kappa shape index (κ2) is 34.6. The average molecular weight is 594 g/mol. The van der Waals surface area contributed by atoms with Gasteiger partial charge in [-0.2, -0.15) is 0 Å². The molecule has 250 valence electrons. The van der Waals surface area contributed by atoms with Gasteiger partial charge in [-0.3, -0.25) is 4.79 Å². The summed E-state index contributed by atoms with van der Waals surface area (Å²) < 4.78 is 0. The van der Waals surface area contributed by atoms with Crippen LogP contribution in [0.4, 0.5) is 0 Å². The lowest BCUT2D eigenvalue weighted by Crippen LogP contribution is -2.45. The molecule has 0 spiro atoms. The summed E-state index contributed by atoms with van der Waals surface area (Å²) in [5, 5.41) is 22.9. The summed E-state index contributed by atoms with van der Waals surface area (Å²) in [4.78, 5) is 12.3. The van der Waals surface area contributed by atoms with Gasteiger partial charge in [-0.25, -0.2) is 0 Å². The quantitative estimate of drug-likeness (QED) is 0.0513. The summed E-state index contributed by atoms with van der Waals surface area (Å²) in [6.07, 6.45) is 41.3. The van der Waals surface area contributed by atoms with Gasteiger partial charge in [0, 0.05) is 6.42 Å². The molecular formula is C38H75NO3. The maximum absolute atomic E-state index is 12.3. The Balaban J connectivity index is 3.50. The zero-order valence-electron chi connectivity index (χ0n) is 28.5. The molecule has 0 aliphatic rings. The van der Waals surface area contributed by atoms with Crippen molar-refractivity contribution in [3.63, 3.8) is 0 Å². The molecule has 4 heteroatoms. The highest BCUT2D eigenvalue weighted by molar-refractivity contribution is 5.76. The summed E-state index contributed by atoms with van der Waals surface area (Å²) >= 11 is 0. The Labute approximate surface area is 263 Å². The molecule has 0 bridgehead atoms. The van der Waals surface area contributed by atoms with E-state index in [4.69, 9.17) is 0 Å². The van der Waals surface area contributed by atoms with Crippen LogP contribution in [0.2, 0.25) is 0 Å². The van der Waals surface area contributed by atoms with E-state index in [0.29, 0.717) is 12.8 Å². The Morgan fingerprint density at radius 2 is 0.905 bits per heavy atom. The first-order chi connectivity index (χ1) is 20.7. The normalized spacial score (nSPS) is 13.1. The van der Waals surface area contributed by atoms with Crippen molar-refractivity contribution in [3.05, 3.63) is 12.2 Å². The van der Waals surface area contributed by atoms with Crippen molar-refractivity contribution in [2.24, 2.45) is 0 Å². The van der Waals surface area contributed by atoms with Crippen molar-refractivity contribution in [1.29, 1.82) is 0 Å². The smallest absolute Gasteiger partial charge is 0.220 e. The average Bonchev–Trinajstić information content (AvgIpc) is 2.99. The molecule has 0 aromatic heterocycles. The van der Waals surface area contributed by atoms with Crippen LogP contribution in [0, 0.1) is 0 Å². The first-order valence-electron chi connectivity index (χ1n) is 18.9. The Bertz CT molecular complexity index is 565. The Morgan fingerprint density at radius 1 is 0.548 bits per heavy atom. The minimum Gasteiger partial charge on any atom is -0.394 e. The molecule has 2 atom stereocenters. The molecule has 0 heterocycles. The van der Waals surface area contributed by atoms with Crippen molar-refractivity contribution in [1.82, 2.24) is 5.32 Å². The van der Waals surface area contributed by atoms with Crippen LogP contribution >= 0.6 is 0 Å². The van der Waals surface area contributed by atoms with Crippen LogP contribution in [0.1, 0.15) is 206 Å². The molecule has 0 saturated heterocycles. The lowest BCUT2D eigenvalue weighted by atomic mass is 10.0. The predicted octanol–water partition coefficient (Wildman–Crippen LogP) is 11.1. The van der Waals surface area contributed by atoms with Gasteiger partial charge in [0.2, 0.25) is 5.91 Å². The van der Waals surface area contributed by atoms with Crippen molar-refractivity contribution in [2.75, 3.05) is 6.61 Å². The highest BCUT2D eigenvalue weighted by Gasteiger charge is 2.19. The molecule has 0 saturated carbocycles. The van der Waals surface area contributed by atoms with Gasteiger partial charge in [-0.1, -0.05) is 174 Å². The minimum absolute atomic E-state index is 0.0372. The number of rotatable bonds is 34. The van der Waals surface area contributed by atoms with E-state index in [0.717, 1.165) is 25.7 Å². The van der Waals surface area contributed by atoms with Crippen molar-refractivity contribution in [2.45, 2.75) is 219 Å². The van der Waals surface area contributed by atoms with E-state index in [-0.39, 0.29) is 12.5 Å². The molecule has 2 unspecified atom stereocenters. The summed E-state index contributed by atoms with van der Waals surface area (Å²) in [7, 11) is 0. The number of hydrogen-bond donors (Lipinski definition) is 3. The number of amides is 1. The molecule has 0 aromatic rings. The Hall–Kier alpha value is -0.870. The summed E-state index contributed by atoms with van der Waals surface area (Å²) in [5.41, 5.74) is 0. The number of carbonyl (C=O) groups is 1. The number of aliphatic hydroxyl groups excluding tert-OH is 2. The van der Waals surface area contributed by atoms with E-state index in [9.17, 15) is 15.0 Å². The fraction of sp³-hybridized carbons (Fsp3) is 0.921. The van der Waals surface area contributed by atoms with E-state index in [1.807, 2.05) is 0 Å². The van der Waals surface area contributed by atoms with Gasteiger partial charge in [0.05, 0.1) is 18.8 Å². The first kappa shape index (κ1) is 41.1. The number of unbranched alkanes of at least 4 members (excludes halogenated alkanes) is 25. The van der Waals surface area contributed by atoms with Gasteiger partial charge in [-0.05, 0) is 38.5 Å². The van der Waals surface area contributed by atoms with Gasteiger partial charge in [0.25, 0.3) is 0 Å². The first-order valence-corrected chi connectivity index (χ1v) is 18.9. The highest BCUT2D eigenvalue weighted by atomic mass is 16.3. The summed E-state index contributed by atoms with van der Waals surface area (Å²) in [6, 6.07) is -0.532. The van der Waals surface area contributed by atoms with Crippen LogP contribution in [0.5, 0.6) is 0 Å². The molecule has 4 nitrogen and oxygen atoms in total. The van der Waals surface area contributed by atoms with Crippen LogP contribution in [0.3, 0.4) is 0 Å². The Morgan fingerprint density at radius 3 is 1.31 bits per heavy atom. The minimum atomic E-state index is -0.655. The van der Waals surface area contributed by atoms with Gasteiger partial charge in [0.15, 0.2) is 0 Å². The third kappa shape index (κ3) is 30.6. The number of carbonyl (C=O) groups excluding carboxylic acids is 1. The van der Waals surface area contributed by atoms with Gasteiger partial charge in [0.1, 0.15) is 0 Å². The molecule has 42 heavy (non-hydrogen) atoms. The third-order valence-corrected chi connectivity index (χ3v) is 8.78. The van der Waals surface area contributed by atoms with E-state index in [2.05, 4.69) is 31.3 Å². The van der Waals surface area contributed by atoms with Crippen molar-refractivity contribution >= 4 is 5.91 Å². The lowest BCUT2D eigenvalue weighted by Gasteiger charge is -2.22. The zero-order chi connectivity index (χ0) is 30.8. The number of hydrogen-bond acceptors (Lipinski definition) is 3. The highest BCUT2D eigenvalue weighted by Crippen LogP contribution is 2.14.